The minimum atomic E-state index is -0.603. The van der Waals surface area contributed by atoms with Crippen molar-refractivity contribution in [3.8, 4) is 17.2 Å². The number of hydrogen-bond donors (Lipinski definition) is 1. The number of nitrogens with one attached hydrogen (secondary N) is 1. The number of hydrogen-bond acceptors (Lipinski definition) is 16. The van der Waals surface area contributed by atoms with Gasteiger partial charge in [0.1, 0.15) is 17.2 Å². The van der Waals surface area contributed by atoms with Gasteiger partial charge in [-0.2, -0.15) is 5.10 Å². The van der Waals surface area contributed by atoms with E-state index in [2.05, 4.69) is 22.1 Å². The van der Waals surface area contributed by atoms with E-state index < -0.39 is 22.8 Å². The zero-order valence-electron chi connectivity index (χ0n) is 35.5. The van der Waals surface area contributed by atoms with Gasteiger partial charge in [0.15, 0.2) is 0 Å². The number of carbonyl (C=O) groups excluding carboxylic acids is 4. The Hall–Kier alpha value is -7.14. The first kappa shape index (κ1) is 47.9. The Bertz CT molecular complexity index is 2380. The topological polar surface area (TPSA) is 204 Å². The van der Waals surface area contributed by atoms with E-state index in [1.165, 1.54) is 36.6 Å². The van der Waals surface area contributed by atoms with Crippen LogP contribution in [-0.4, -0.2) is 73.0 Å². The van der Waals surface area contributed by atoms with Crippen LogP contribution in [0.15, 0.2) is 103 Å². The van der Waals surface area contributed by atoms with Crippen molar-refractivity contribution in [1.82, 2.24) is 4.98 Å². The van der Waals surface area contributed by atoms with Gasteiger partial charge in [-0.05, 0) is 124 Å². The molecule has 0 aliphatic carbocycles. The monoisotopic (exact) mass is 894 g/mol. The molecule has 5 rings (SSSR count). The van der Waals surface area contributed by atoms with Gasteiger partial charge in [0.2, 0.25) is 5.13 Å². The molecule has 0 aliphatic rings. The first-order valence-corrected chi connectivity index (χ1v) is 21.6. The molecule has 1 heterocycles. The van der Waals surface area contributed by atoms with Crippen molar-refractivity contribution in [2.75, 3.05) is 38.5 Å². The van der Waals surface area contributed by atoms with Gasteiger partial charge in [0.05, 0.1) is 65.5 Å². The molecule has 5 aromatic rings. The van der Waals surface area contributed by atoms with Gasteiger partial charge in [-0.25, -0.2) is 19.4 Å². The fourth-order valence-electron chi connectivity index (χ4n) is 6.00. The van der Waals surface area contributed by atoms with Crippen LogP contribution in [0.3, 0.4) is 0 Å². The van der Waals surface area contributed by atoms with Crippen LogP contribution >= 0.6 is 11.3 Å². The van der Waals surface area contributed by atoms with Crippen molar-refractivity contribution in [2.24, 2.45) is 5.10 Å². The number of unbranched alkanes of at least 4 members (excludes halogenated alkanes) is 6. The first-order valence-electron chi connectivity index (χ1n) is 20.8. The number of non-ortho nitro benzene ring substituents is 1. The summed E-state index contributed by atoms with van der Waals surface area (Å²) in [6, 6.07) is 22.9. The maximum atomic E-state index is 13.3. The Labute approximate surface area is 374 Å². The molecule has 336 valence electrons. The van der Waals surface area contributed by atoms with Gasteiger partial charge in [0, 0.05) is 37.1 Å². The molecule has 1 aromatic heterocycles. The summed E-state index contributed by atoms with van der Waals surface area (Å²) >= 11 is 1.26. The lowest BCUT2D eigenvalue weighted by atomic mass is 10.1. The normalized spacial score (nSPS) is 10.9. The summed E-state index contributed by atoms with van der Waals surface area (Å²) in [7, 11) is 0. The van der Waals surface area contributed by atoms with Gasteiger partial charge >= 0.3 is 23.9 Å². The van der Waals surface area contributed by atoms with Gasteiger partial charge in [-0.1, -0.05) is 24.0 Å². The van der Waals surface area contributed by atoms with Gasteiger partial charge in [-0.15, -0.1) is 0 Å². The number of nitrogens with zero attached hydrogens (tertiary/aromatic N) is 3. The SMILES string of the molecule is C=CC(=O)OCCCCCCOc1ccc(C(=O)OCCc2ccc(OC(=O)c3ccc(OCCCCCCOC(C)=O)cc3)c(/C=N/Nc3nc4cc([N+](=O)[O-])ccc4s3)c2)cc1. The Morgan fingerprint density at radius 2 is 1.34 bits per heavy atom. The lowest BCUT2D eigenvalue weighted by molar-refractivity contribution is -0.384. The number of rotatable bonds is 27. The number of esters is 4. The van der Waals surface area contributed by atoms with Crippen LogP contribution in [0, 0.1) is 10.1 Å². The molecule has 0 fully saturated rings. The van der Waals surface area contributed by atoms with Crippen molar-refractivity contribution in [3.05, 3.63) is 130 Å². The van der Waals surface area contributed by atoms with E-state index in [1.54, 1.807) is 72.8 Å². The number of carbonyl (C=O) groups is 4. The molecule has 0 radical (unpaired) electrons. The van der Waals surface area contributed by atoms with E-state index in [9.17, 15) is 29.3 Å². The maximum absolute atomic E-state index is 13.3. The molecule has 0 saturated carbocycles. The number of nitro benzene ring substituents is 1. The second kappa shape index (κ2) is 25.7. The molecule has 16 nitrogen and oxygen atoms in total. The minimum absolute atomic E-state index is 0.0696. The van der Waals surface area contributed by atoms with Crippen LogP contribution in [-0.2, 0) is 30.2 Å². The number of aromatic nitrogens is 1. The first-order chi connectivity index (χ1) is 31.1. The average molecular weight is 895 g/mol. The van der Waals surface area contributed by atoms with Crippen LogP contribution in [0.1, 0.15) is 90.1 Å². The highest BCUT2D eigenvalue weighted by Gasteiger charge is 2.15. The third-order valence-electron chi connectivity index (χ3n) is 9.36. The predicted octanol–water partition coefficient (Wildman–Crippen LogP) is 9.44. The number of ether oxygens (including phenoxy) is 6. The van der Waals surface area contributed by atoms with Crippen LogP contribution in [0.5, 0.6) is 17.2 Å². The predicted molar refractivity (Wildman–Crippen MR) is 241 cm³/mol. The van der Waals surface area contributed by atoms with E-state index in [0.29, 0.717) is 71.7 Å². The van der Waals surface area contributed by atoms with Crippen LogP contribution in [0.2, 0.25) is 0 Å². The van der Waals surface area contributed by atoms with Crippen LogP contribution < -0.4 is 19.6 Å². The van der Waals surface area contributed by atoms with E-state index in [4.69, 9.17) is 28.4 Å². The number of anilines is 1. The molecule has 1 N–H and O–H groups in total. The van der Waals surface area contributed by atoms with Crippen molar-refractivity contribution in [1.29, 1.82) is 0 Å². The Morgan fingerprint density at radius 1 is 0.734 bits per heavy atom. The smallest absolute Gasteiger partial charge is 0.343 e. The third kappa shape index (κ3) is 16.3. The molecular weight excluding hydrogens is 845 g/mol. The Kier molecular flexibility index (Phi) is 19.2. The Morgan fingerprint density at radius 3 is 1.95 bits per heavy atom. The number of nitro groups is 1. The third-order valence-corrected chi connectivity index (χ3v) is 10.3. The number of hydrazone groups is 1. The summed E-state index contributed by atoms with van der Waals surface area (Å²) in [6.07, 6.45) is 9.87. The molecular formula is C47H50N4O12S. The van der Waals surface area contributed by atoms with Gasteiger partial charge < -0.3 is 28.4 Å². The highest BCUT2D eigenvalue weighted by atomic mass is 32.1. The molecule has 17 heteroatoms. The summed E-state index contributed by atoms with van der Waals surface area (Å²) < 4.78 is 33.7. The zero-order chi connectivity index (χ0) is 45.5. The molecule has 0 amide bonds. The molecule has 0 bridgehead atoms. The van der Waals surface area contributed by atoms with Crippen molar-refractivity contribution >= 4 is 62.5 Å². The molecule has 4 aromatic carbocycles. The lowest BCUT2D eigenvalue weighted by Gasteiger charge is -2.11. The quantitative estimate of drug-likeness (QED) is 0.00762. The average Bonchev–Trinajstić information content (AvgIpc) is 3.71. The standard InChI is InChI=1S/C47H50N4O12S/c1-3-44(53)61-28-11-7-6-10-27-59-39-18-13-35(14-19-39)45(54)62-29-24-34-12-22-42(37(30-34)32-48-50-47-49-41-31-38(51(56)57)17-23-43(41)64-47)63-46(55)36-15-20-40(21-16-36)60-26-9-5-4-8-25-58-33(2)52/h3,12-23,30-32H,1,4-11,24-29H2,2H3,(H,49,50)/b48-32+. The molecule has 0 saturated heterocycles. The summed E-state index contributed by atoms with van der Waals surface area (Å²) in [4.78, 5) is 63.3. The van der Waals surface area contributed by atoms with Gasteiger partial charge in [-0.3, -0.25) is 20.3 Å². The molecule has 0 spiro atoms. The summed E-state index contributed by atoms with van der Waals surface area (Å²) in [5.41, 5.74) is 5.12. The summed E-state index contributed by atoms with van der Waals surface area (Å²) in [6.45, 7) is 6.63. The van der Waals surface area contributed by atoms with Crippen LogP contribution in [0.4, 0.5) is 10.8 Å². The minimum Gasteiger partial charge on any atom is -0.494 e. The van der Waals surface area contributed by atoms with E-state index in [0.717, 1.165) is 67.7 Å². The number of thiazole rings is 1. The number of fused-ring (bicyclic) bond motifs is 1. The van der Waals surface area contributed by atoms with Gasteiger partial charge in [0.25, 0.3) is 5.69 Å². The highest BCUT2D eigenvalue weighted by molar-refractivity contribution is 7.22. The lowest BCUT2D eigenvalue weighted by Crippen LogP contribution is -2.11. The van der Waals surface area contributed by atoms with Crippen LogP contribution in [0.25, 0.3) is 10.2 Å². The van der Waals surface area contributed by atoms with E-state index >= 15 is 0 Å². The molecule has 0 aliphatic heterocycles. The highest BCUT2D eigenvalue weighted by Crippen LogP contribution is 2.29. The van der Waals surface area contributed by atoms with Crippen molar-refractivity contribution in [3.63, 3.8) is 0 Å². The summed E-state index contributed by atoms with van der Waals surface area (Å²) in [5.74, 6) is -0.334. The maximum Gasteiger partial charge on any atom is 0.343 e. The van der Waals surface area contributed by atoms with E-state index in [1.807, 2.05) is 0 Å². The fourth-order valence-corrected chi connectivity index (χ4v) is 6.80. The number of benzene rings is 4. The molecule has 0 unspecified atom stereocenters. The molecule has 0 atom stereocenters. The van der Waals surface area contributed by atoms with Crippen molar-refractivity contribution < 1.29 is 52.5 Å². The van der Waals surface area contributed by atoms with Crippen molar-refractivity contribution in [2.45, 2.75) is 64.7 Å². The second-order valence-corrected chi connectivity index (χ2v) is 15.3. The second-order valence-electron chi connectivity index (χ2n) is 14.2. The fraction of sp³-hybridized carbons (Fsp3) is 0.319. The Balaban J connectivity index is 1.14. The van der Waals surface area contributed by atoms with E-state index in [-0.39, 0.29) is 24.0 Å². The zero-order valence-corrected chi connectivity index (χ0v) is 36.3. The molecule has 64 heavy (non-hydrogen) atoms. The largest absolute Gasteiger partial charge is 0.494 e. The summed E-state index contributed by atoms with van der Waals surface area (Å²) in [5, 5.41) is 15.9.